The van der Waals surface area contributed by atoms with Gasteiger partial charge in [-0.1, -0.05) is 23.6 Å². The highest BCUT2D eigenvalue weighted by Gasteiger charge is 2.25. The molecule has 0 radical (unpaired) electrons. The first-order valence-corrected chi connectivity index (χ1v) is 9.22. The van der Waals surface area contributed by atoms with Crippen LogP contribution < -0.4 is 5.32 Å². The molecule has 0 aromatic heterocycles. The van der Waals surface area contributed by atoms with E-state index < -0.39 is 0 Å². The van der Waals surface area contributed by atoms with Crippen LogP contribution >= 0.6 is 11.8 Å². The Labute approximate surface area is 144 Å². The maximum atomic E-state index is 12.3. The zero-order chi connectivity index (χ0) is 16.7. The number of carbonyl (C=O) groups excluding carboxylic acids is 1. The number of amides is 1. The number of likely N-dealkylation sites (tertiary alicyclic amines) is 1. The smallest absolute Gasteiger partial charge is 0.223 e. The molecule has 0 aliphatic carbocycles. The highest BCUT2D eigenvalue weighted by Crippen LogP contribution is 2.20. The molecule has 23 heavy (non-hydrogen) atoms. The fourth-order valence-corrected chi connectivity index (χ4v) is 3.59. The van der Waals surface area contributed by atoms with E-state index in [9.17, 15) is 4.79 Å². The fourth-order valence-electron chi connectivity index (χ4n) is 2.74. The Bertz CT molecular complexity index is 541. The molecule has 0 bridgehead atoms. The van der Waals surface area contributed by atoms with E-state index in [2.05, 4.69) is 54.3 Å². The molecule has 1 aromatic carbocycles. The maximum absolute atomic E-state index is 12.3. The van der Waals surface area contributed by atoms with Gasteiger partial charge in [-0.15, -0.1) is 18.2 Å². The third-order valence-corrected chi connectivity index (χ3v) is 5.46. The van der Waals surface area contributed by atoms with Gasteiger partial charge >= 0.3 is 0 Å². The molecule has 0 spiro atoms. The van der Waals surface area contributed by atoms with E-state index in [4.69, 9.17) is 6.42 Å². The third kappa shape index (κ3) is 5.93. The van der Waals surface area contributed by atoms with Crippen molar-refractivity contribution in [3.05, 3.63) is 29.8 Å². The predicted molar refractivity (Wildman–Crippen MR) is 97.5 cm³/mol. The van der Waals surface area contributed by atoms with E-state index in [0.717, 1.165) is 31.7 Å². The molecule has 1 atom stereocenters. The normalized spacial score (nSPS) is 17.4. The van der Waals surface area contributed by atoms with Crippen LogP contribution in [0.2, 0.25) is 0 Å². The van der Waals surface area contributed by atoms with Gasteiger partial charge in [0.25, 0.3) is 0 Å². The monoisotopic (exact) mass is 330 g/mol. The molecule has 4 heteroatoms. The van der Waals surface area contributed by atoms with Crippen LogP contribution in [-0.2, 0) is 4.79 Å². The number of carbonyl (C=O) groups is 1. The lowest BCUT2D eigenvalue weighted by molar-refractivity contribution is -0.126. The van der Waals surface area contributed by atoms with Crippen molar-refractivity contribution in [2.24, 2.45) is 5.92 Å². The Morgan fingerprint density at radius 1 is 1.39 bits per heavy atom. The molecule has 1 saturated heterocycles. The fraction of sp³-hybridized carbons (Fsp3) is 0.526. The number of benzene rings is 1. The van der Waals surface area contributed by atoms with Gasteiger partial charge in [-0.3, -0.25) is 9.69 Å². The number of nitrogens with zero attached hydrogens (tertiary/aromatic N) is 1. The SMILES string of the molecule is C#CCN1CCC(C(=O)NC(C)CSc2ccc(C)cc2)CC1. The molecule has 1 heterocycles. The lowest BCUT2D eigenvalue weighted by Crippen LogP contribution is -2.43. The van der Waals surface area contributed by atoms with Crippen molar-refractivity contribution in [2.75, 3.05) is 25.4 Å². The minimum atomic E-state index is 0.135. The Morgan fingerprint density at radius 3 is 2.65 bits per heavy atom. The summed E-state index contributed by atoms with van der Waals surface area (Å²) in [6.45, 7) is 6.71. The largest absolute Gasteiger partial charge is 0.353 e. The second kappa shape index (κ2) is 9.00. The van der Waals surface area contributed by atoms with Crippen molar-refractivity contribution in [2.45, 2.75) is 37.6 Å². The van der Waals surface area contributed by atoms with Crippen LogP contribution in [0, 0.1) is 25.2 Å². The summed E-state index contributed by atoms with van der Waals surface area (Å²) in [6.07, 6.45) is 7.15. The highest BCUT2D eigenvalue weighted by molar-refractivity contribution is 7.99. The van der Waals surface area contributed by atoms with E-state index >= 15 is 0 Å². The van der Waals surface area contributed by atoms with Crippen LogP contribution in [0.1, 0.15) is 25.3 Å². The topological polar surface area (TPSA) is 32.3 Å². The van der Waals surface area contributed by atoms with Gasteiger partial charge in [0.1, 0.15) is 0 Å². The number of hydrogen-bond donors (Lipinski definition) is 1. The van der Waals surface area contributed by atoms with Crippen molar-refractivity contribution >= 4 is 17.7 Å². The van der Waals surface area contributed by atoms with Gasteiger partial charge in [0.2, 0.25) is 5.91 Å². The number of aryl methyl sites for hydroxylation is 1. The summed E-state index contributed by atoms with van der Waals surface area (Å²) in [5.74, 6) is 3.90. The van der Waals surface area contributed by atoms with E-state index in [1.54, 1.807) is 11.8 Å². The van der Waals surface area contributed by atoms with Gasteiger partial charge < -0.3 is 5.32 Å². The van der Waals surface area contributed by atoms with Gasteiger partial charge in [-0.25, -0.2) is 0 Å². The molecule has 2 rings (SSSR count). The molecule has 0 saturated carbocycles. The van der Waals surface area contributed by atoms with Crippen molar-refractivity contribution in [3.8, 4) is 12.3 Å². The minimum Gasteiger partial charge on any atom is -0.353 e. The van der Waals surface area contributed by atoms with Crippen LogP contribution in [0.25, 0.3) is 0 Å². The van der Waals surface area contributed by atoms with E-state index in [1.807, 2.05) is 0 Å². The van der Waals surface area contributed by atoms with Crippen LogP contribution in [0.5, 0.6) is 0 Å². The van der Waals surface area contributed by atoms with Gasteiger partial charge in [0.05, 0.1) is 6.54 Å². The summed E-state index contributed by atoms with van der Waals surface area (Å²) in [4.78, 5) is 15.8. The molecule has 1 aliphatic rings. The summed E-state index contributed by atoms with van der Waals surface area (Å²) >= 11 is 1.79. The van der Waals surface area contributed by atoms with Gasteiger partial charge in [-0.2, -0.15) is 0 Å². The number of rotatable bonds is 6. The van der Waals surface area contributed by atoms with Crippen molar-refractivity contribution in [1.29, 1.82) is 0 Å². The number of hydrogen-bond acceptors (Lipinski definition) is 3. The van der Waals surface area contributed by atoms with Gasteiger partial charge in [0, 0.05) is 22.6 Å². The minimum absolute atomic E-state index is 0.135. The second-order valence-electron chi connectivity index (χ2n) is 6.29. The number of nitrogens with one attached hydrogen (secondary N) is 1. The van der Waals surface area contributed by atoms with E-state index in [-0.39, 0.29) is 17.9 Å². The van der Waals surface area contributed by atoms with Gasteiger partial charge in [0.15, 0.2) is 0 Å². The van der Waals surface area contributed by atoms with E-state index in [1.165, 1.54) is 10.5 Å². The number of piperidine rings is 1. The zero-order valence-corrected chi connectivity index (χ0v) is 14.9. The molecule has 1 fully saturated rings. The quantitative estimate of drug-likeness (QED) is 0.643. The molecule has 1 aliphatic heterocycles. The molecule has 3 nitrogen and oxygen atoms in total. The average molecular weight is 330 g/mol. The van der Waals surface area contributed by atoms with E-state index in [0.29, 0.717) is 6.54 Å². The molecule has 1 unspecified atom stereocenters. The third-order valence-electron chi connectivity index (χ3n) is 4.18. The summed E-state index contributed by atoms with van der Waals surface area (Å²) in [6, 6.07) is 8.69. The Hall–Kier alpha value is -1.44. The predicted octanol–water partition coefficient (Wildman–Crippen LogP) is 2.94. The first-order chi connectivity index (χ1) is 11.1. The molecular weight excluding hydrogens is 304 g/mol. The molecular formula is C19H26N2OS. The summed E-state index contributed by atoms with van der Waals surface area (Å²) in [5.41, 5.74) is 1.27. The Kier molecular flexibility index (Phi) is 7.01. The summed E-state index contributed by atoms with van der Waals surface area (Å²) in [7, 11) is 0. The first-order valence-electron chi connectivity index (χ1n) is 8.24. The summed E-state index contributed by atoms with van der Waals surface area (Å²) < 4.78 is 0. The molecule has 1 N–H and O–H groups in total. The Balaban J connectivity index is 1.70. The second-order valence-corrected chi connectivity index (χ2v) is 7.38. The standard InChI is InChI=1S/C19H26N2OS/c1-4-11-21-12-9-17(10-13-21)19(22)20-16(3)14-23-18-7-5-15(2)6-8-18/h1,5-8,16-17H,9-14H2,2-3H3,(H,20,22). The highest BCUT2D eigenvalue weighted by atomic mass is 32.2. The van der Waals surface area contributed by atoms with Crippen LogP contribution in [-0.4, -0.2) is 42.2 Å². The lowest BCUT2D eigenvalue weighted by atomic mass is 9.95. The number of terminal acetylenes is 1. The van der Waals surface area contributed by atoms with Crippen LogP contribution in [0.4, 0.5) is 0 Å². The molecule has 1 amide bonds. The van der Waals surface area contributed by atoms with Crippen LogP contribution in [0.3, 0.4) is 0 Å². The molecule has 1 aromatic rings. The lowest BCUT2D eigenvalue weighted by Gasteiger charge is -2.30. The van der Waals surface area contributed by atoms with Gasteiger partial charge in [-0.05, 0) is 51.9 Å². The van der Waals surface area contributed by atoms with Crippen LogP contribution in [0.15, 0.2) is 29.2 Å². The zero-order valence-electron chi connectivity index (χ0n) is 14.0. The Morgan fingerprint density at radius 2 is 2.04 bits per heavy atom. The maximum Gasteiger partial charge on any atom is 0.223 e. The van der Waals surface area contributed by atoms with Crippen molar-refractivity contribution < 1.29 is 4.79 Å². The number of thioether (sulfide) groups is 1. The summed E-state index contributed by atoms with van der Waals surface area (Å²) in [5, 5.41) is 3.16. The molecule has 124 valence electrons. The van der Waals surface area contributed by atoms with Crippen molar-refractivity contribution in [3.63, 3.8) is 0 Å². The first kappa shape index (κ1) is 17.9. The average Bonchev–Trinajstić information content (AvgIpc) is 2.55. The van der Waals surface area contributed by atoms with Crippen molar-refractivity contribution in [1.82, 2.24) is 10.2 Å².